The van der Waals surface area contributed by atoms with Crippen LogP contribution in [0.3, 0.4) is 0 Å². The highest BCUT2D eigenvalue weighted by Gasteiger charge is 2.11. The molecule has 0 radical (unpaired) electrons. The smallest absolute Gasteiger partial charge is 0.104 e. The van der Waals surface area contributed by atoms with Crippen LogP contribution in [0.2, 0.25) is 10.0 Å². The molecule has 0 spiro atoms. The summed E-state index contributed by atoms with van der Waals surface area (Å²) in [4.78, 5) is 0. The Morgan fingerprint density at radius 2 is 1.38 bits per heavy atom. The van der Waals surface area contributed by atoms with Crippen molar-refractivity contribution in [2.24, 2.45) is 0 Å². The first kappa shape index (κ1) is 11.5. The maximum atomic E-state index is 10.1. The standard InChI is InChI=1S/C13H10Cl2O/c14-11-6-10(7-12(15)8-11)13(16)9-4-2-1-3-5-9/h1-8,13,16H/t13-/m1/s1. The van der Waals surface area contributed by atoms with Crippen LogP contribution in [-0.2, 0) is 0 Å². The molecule has 16 heavy (non-hydrogen) atoms. The maximum absolute atomic E-state index is 10.1. The summed E-state index contributed by atoms with van der Waals surface area (Å²) < 4.78 is 0. The van der Waals surface area contributed by atoms with E-state index in [1.165, 1.54) is 0 Å². The molecule has 2 rings (SSSR count). The Balaban J connectivity index is 2.37. The summed E-state index contributed by atoms with van der Waals surface area (Å²) in [5, 5.41) is 11.2. The van der Waals surface area contributed by atoms with Crippen molar-refractivity contribution in [3.05, 3.63) is 69.7 Å². The molecule has 2 aromatic carbocycles. The molecule has 1 N–H and O–H groups in total. The van der Waals surface area contributed by atoms with Crippen molar-refractivity contribution >= 4 is 23.2 Å². The zero-order valence-corrected chi connectivity index (χ0v) is 9.91. The highest BCUT2D eigenvalue weighted by atomic mass is 35.5. The summed E-state index contributed by atoms with van der Waals surface area (Å²) in [6.45, 7) is 0. The molecular weight excluding hydrogens is 243 g/mol. The van der Waals surface area contributed by atoms with Crippen LogP contribution in [-0.4, -0.2) is 5.11 Å². The van der Waals surface area contributed by atoms with Crippen molar-refractivity contribution in [1.29, 1.82) is 0 Å². The summed E-state index contributed by atoms with van der Waals surface area (Å²) in [6, 6.07) is 14.5. The van der Waals surface area contributed by atoms with Gasteiger partial charge in [-0.25, -0.2) is 0 Å². The number of aliphatic hydroxyl groups is 1. The summed E-state index contributed by atoms with van der Waals surface area (Å²) in [5.41, 5.74) is 1.52. The lowest BCUT2D eigenvalue weighted by molar-refractivity contribution is 0.220. The summed E-state index contributed by atoms with van der Waals surface area (Å²) in [6.07, 6.45) is -0.697. The van der Waals surface area contributed by atoms with E-state index >= 15 is 0 Å². The molecule has 0 amide bonds. The van der Waals surface area contributed by atoms with Crippen LogP contribution in [0.15, 0.2) is 48.5 Å². The van der Waals surface area contributed by atoms with Crippen LogP contribution in [0.4, 0.5) is 0 Å². The normalized spacial score (nSPS) is 12.4. The van der Waals surface area contributed by atoms with E-state index in [0.29, 0.717) is 15.6 Å². The summed E-state index contributed by atoms with van der Waals surface area (Å²) in [5.74, 6) is 0. The Kier molecular flexibility index (Phi) is 3.49. The number of aliphatic hydroxyl groups excluding tert-OH is 1. The van der Waals surface area contributed by atoms with Gasteiger partial charge in [-0.3, -0.25) is 0 Å². The molecule has 0 aliphatic rings. The van der Waals surface area contributed by atoms with Gasteiger partial charge in [0.2, 0.25) is 0 Å². The van der Waals surface area contributed by atoms with Crippen LogP contribution in [0.25, 0.3) is 0 Å². The van der Waals surface area contributed by atoms with Gasteiger partial charge in [0.05, 0.1) is 0 Å². The van der Waals surface area contributed by atoms with Gasteiger partial charge < -0.3 is 5.11 Å². The number of halogens is 2. The zero-order valence-electron chi connectivity index (χ0n) is 8.40. The van der Waals surface area contributed by atoms with E-state index in [9.17, 15) is 5.11 Å². The fourth-order valence-electron chi connectivity index (χ4n) is 1.56. The molecule has 0 aromatic heterocycles. The van der Waals surface area contributed by atoms with Crippen LogP contribution in [0.1, 0.15) is 17.2 Å². The Bertz CT molecular complexity index is 462. The average Bonchev–Trinajstić information content (AvgIpc) is 2.28. The molecular formula is C13H10Cl2O. The summed E-state index contributed by atoms with van der Waals surface area (Å²) in [7, 11) is 0. The Labute approximate surface area is 104 Å². The van der Waals surface area contributed by atoms with Crippen LogP contribution in [0, 0.1) is 0 Å². The number of rotatable bonds is 2. The highest BCUT2D eigenvalue weighted by Crippen LogP contribution is 2.27. The Hall–Kier alpha value is -1.02. The molecule has 0 saturated carbocycles. The maximum Gasteiger partial charge on any atom is 0.104 e. The van der Waals surface area contributed by atoms with Gasteiger partial charge in [0.1, 0.15) is 6.10 Å². The fraction of sp³-hybridized carbons (Fsp3) is 0.0769. The van der Waals surface area contributed by atoms with E-state index in [1.807, 2.05) is 30.3 Å². The minimum atomic E-state index is -0.697. The lowest BCUT2D eigenvalue weighted by Crippen LogP contribution is -1.99. The molecule has 3 heteroatoms. The number of hydrogen-bond acceptors (Lipinski definition) is 1. The second-order valence-corrected chi connectivity index (χ2v) is 4.39. The Morgan fingerprint density at radius 1 is 0.812 bits per heavy atom. The largest absolute Gasteiger partial charge is 0.384 e. The topological polar surface area (TPSA) is 20.2 Å². The third kappa shape index (κ3) is 2.56. The van der Waals surface area contributed by atoms with Crippen LogP contribution >= 0.6 is 23.2 Å². The van der Waals surface area contributed by atoms with Crippen LogP contribution < -0.4 is 0 Å². The molecule has 1 atom stereocenters. The van der Waals surface area contributed by atoms with Crippen molar-refractivity contribution in [2.75, 3.05) is 0 Å². The second kappa shape index (κ2) is 4.88. The molecule has 0 saturated heterocycles. The van der Waals surface area contributed by atoms with Gasteiger partial charge >= 0.3 is 0 Å². The predicted molar refractivity (Wildman–Crippen MR) is 67.0 cm³/mol. The van der Waals surface area contributed by atoms with E-state index in [-0.39, 0.29) is 0 Å². The first-order chi connectivity index (χ1) is 7.66. The Morgan fingerprint density at radius 3 is 1.94 bits per heavy atom. The van der Waals surface area contributed by atoms with E-state index in [1.54, 1.807) is 18.2 Å². The minimum Gasteiger partial charge on any atom is -0.384 e. The van der Waals surface area contributed by atoms with Gasteiger partial charge in [-0.15, -0.1) is 0 Å². The molecule has 0 unspecified atom stereocenters. The SMILES string of the molecule is O[C@H](c1ccccc1)c1cc(Cl)cc(Cl)c1. The highest BCUT2D eigenvalue weighted by molar-refractivity contribution is 6.34. The predicted octanol–water partition coefficient (Wildman–Crippen LogP) is 4.08. The fourth-order valence-corrected chi connectivity index (χ4v) is 2.10. The van der Waals surface area contributed by atoms with Gasteiger partial charge in [0, 0.05) is 10.0 Å². The van der Waals surface area contributed by atoms with E-state index in [2.05, 4.69) is 0 Å². The molecule has 0 aliphatic heterocycles. The zero-order chi connectivity index (χ0) is 11.5. The van der Waals surface area contributed by atoms with E-state index in [4.69, 9.17) is 23.2 Å². The van der Waals surface area contributed by atoms with E-state index in [0.717, 1.165) is 5.56 Å². The van der Waals surface area contributed by atoms with Crippen molar-refractivity contribution in [1.82, 2.24) is 0 Å². The van der Waals surface area contributed by atoms with Gasteiger partial charge in [-0.2, -0.15) is 0 Å². The van der Waals surface area contributed by atoms with Gasteiger partial charge in [0.25, 0.3) is 0 Å². The third-order valence-electron chi connectivity index (χ3n) is 2.32. The molecule has 0 heterocycles. The lowest BCUT2D eigenvalue weighted by atomic mass is 10.0. The van der Waals surface area contributed by atoms with Crippen LogP contribution in [0.5, 0.6) is 0 Å². The minimum absolute atomic E-state index is 0.525. The average molecular weight is 253 g/mol. The molecule has 0 aliphatic carbocycles. The quantitative estimate of drug-likeness (QED) is 0.855. The van der Waals surface area contributed by atoms with Gasteiger partial charge in [0.15, 0.2) is 0 Å². The lowest BCUT2D eigenvalue weighted by Gasteiger charge is -2.12. The van der Waals surface area contributed by atoms with Gasteiger partial charge in [-0.05, 0) is 29.3 Å². The first-order valence-electron chi connectivity index (χ1n) is 4.86. The third-order valence-corrected chi connectivity index (χ3v) is 2.75. The van der Waals surface area contributed by atoms with Gasteiger partial charge in [-0.1, -0.05) is 53.5 Å². The molecule has 1 nitrogen and oxygen atoms in total. The summed E-state index contributed by atoms with van der Waals surface area (Å²) >= 11 is 11.8. The molecule has 0 fully saturated rings. The molecule has 82 valence electrons. The van der Waals surface area contributed by atoms with Crippen molar-refractivity contribution in [3.8, 4) is 0 Å². The van der Waals surface area contributed by atoms with Crippen molar-refractivity contribution in [2.45, 2.75) is 6.10 Å². The molecule has 0 bridgehead atoms. The number of benzene rings is 2. The second-order valence-electron chi connectivity index (χ2n) is 3.52. The molecule has 2 aromatic rings. The van der Waals surface area contributed by atoms with Crippen molar-refractivity contribution in [3.63, 3.8) is 0 Å². The monoisotopic (exact) mass is 252 g/mol. The van der Waals surface area contributed by atoms with Crippen molar-refractivity contribution < 1.29 is 5.11 Å². The van der Waals surface area contributed by atoms with E-state index < -0.39 is 6.10 Å². The number of hydrogen-bond donors (Lipinski definition) is 1. The first-order valence-corrected chi connectivity index (χ1v) is 5.61.